The van der Waals surface area contributed by atoms with Crippen molar-refractivity contribution in [3.63, 3.8) is 0 Å². The van der Waals surface area contributed by atoms with E-state index < -0.39 is 0 Å². The first-order valence-electron chi connectivity index (χ1n) is 6.41. The maximum Gasteiger partial charge on any atom is 0.0595 e. The topological polar surface area (TPSA) is 49.5 Å². The van der Waals surface area contributed by atoms with Crippen molar-refractivity contribution in [2.45, 2.75) is 50.6 Å². The van der Waals surface area contributed by atoms with Gasteiger partial charge < -0.3 is 10.8 Å². The summed E-state index contributed by atoms with van der Waals surface area (Å²) in [6, 6.07) is 0.720. The summed E-state index contributed by atoms with van der Waals surface area (Å²) in [6.45, 7) is 2.19. The van der Waals surface area contributed by atoms with Crippen LogP contribution in [0.4, 0.5) is 0 Å². The predicted molar refractivity (Wildman–Crippen MR) is 61.6 cm³/mol. The fourth-order valence-corrected chi connectivity index (χ4v) is 3.31. The van der Waals surface area contributed by atoms with Gasteiger partial charge in [-0.25, -0.2) is 0 Å². The highest BCUT2D eigenvalue weighted by molar-refractivity contribution is 4.88. The molecular weight excluding hydrogens is 188 g/mol. The Balaban J connectivity index is 1.86. The minimum Gasteiger partial charge on any atom is -0.395 e. The molecule has 2 unspecified atom stereocenters. The van der Waals surface area contributed by atoms with E-state index in [0.717, 1.165) is 18.5 Å². The Hall–Kier alpha value is -0.120. The van der Waals surface area contributed by atoms with Gasteiger partial charge in [0.2, 0.25) is 0 Å². The smallest absolute Gasteiger partial charge is 0.0595 e. The zero-order chi connectivity index (χ0) is 10.7. The number of likely N-dealkylation sites (tertiary alicyclic amines) is 1. The van der Waals surface area contributed by atoms with E-state index in [2.05, 4.69) is 4.90 Å². The molecule has 0 spiro atoms. The second kappa shape index (κ2) is 5.28. The highest BCUT2D eigenvalue weighted by Gasteiger charge is 2.33. The Morgan fingerprint density at radius 3 is 2.60 bits per heavy atom. The number of hydrogen-bond acceptors (Lipinski definition) is 3. The molecular formula is C12H24N2O. The van der Waals surface area contributed by atoms with E-state index in [1.165, 1.54) is 45.1 Å². The van der Waals surface area contributed by atoms with Crippen molar-refractivity contribution in [1.82, 2.24) is 4.90 Å². The Morgan fingerprint density at radius 2 is 1.93 bits per heavy atom. The number of aliphatic hydroxyl groups excluding tert-OH is 1. The average molecular weight is 212 g/mol. The number of rotatable bonds is 4. The molecule has 0 amide bonds. The Bertz CT molecular complexity index is 192. The predicted octanol–water partition coefficient (Wildman–Crippen LogP) is 0.961. The van der Waals surface area contributed by atoms with Gasteiger partial charge in [0.05, 0.1) is 6.61 Å². The Labute approximate surface area is 92.6 Å². The molecule has 0 aromatic carbocycles. The van der Waals surface area contributed by atoms with Gasteiger partial charge in [-0.3, -0.25) is 4.90 Å². The molecule has 0 radical (unpaired) electrons. The summed E-state index contributed by atoms with van der Waals surface area (Å²) in [6.07, 6.45) is 8.33. The lowest BCUT2D eigenvalue weighted by atomic mass is 9.96. The van der Waals surface area contributed by atoms with Gasteiger partial charge >= 0.3 is 0 Å². The van der Waals surface area contributed by atoms with Crippen LogP contribution in [0.5, 0.6) is 0 Å². The second-order valence-corrected chi connectivity index (χ2v) is 5.19. The molecule has 2 atom stereocenters. The molecule has 1 saturated heterocycles. The standard InChI is InChI=1S/C12H24N2O/c13-11(9-15)8-14-7-3-6-12(14)10-4-1-2-5-10/h10-12,15H,1-9,13H2. The monoisotopic (exact) mass is 212 g/mol. The largest absolute Gasteiger partial charge is 0.395 e. The first-order valence-corrected chi connectivity index (χ1v) is 6.41. The molecule has 2 rings (SSSR count). The highest BCUT2D eigenvalue weighted by atomic mass is 16.3. The van der Waals surface area contributed by atoms with Crippen molar-refractivity contribution in [3.05, 3.63) is 0 Å². The van der Waals surface area contributed by atoms with E-state index in [4.69, 9.17) is 10.8 Å². The third-order valence-electron chi connectivity index (χ3n) is 4.06. The van der Waals surface area contributed by atoms with E-state index in [1.54, 1.807) is 0 Å². The number of nitrogens with zero attached hydrogens (tertiary/aromatic N) is 1. The van der Waals surface area contributed by atoms with E-state index in [9.17, 15) is 0 Å². The van der Waals surface area contributed by atoms with Gasteiger partial charge in [-0.15, -0.1) is 0 Å². The van der Waals surface area contributed by atoms with Crippen LogP contribution >= 0.6 is 0 Å². The molecule has 2 fully saturated rings. The van der Waals surface area contributed by atoms with Gasteiger partial charge in [0.15, 0.2) is 0 Å². The van der Waals surface area contributed by atoms with Gasteiger partial charge in [0.25, 0.3) is 0 Å². The maximum absolute atomic E-state index is 9.00. The zero-order valence-electron chi connectivity index (χ0n) is 9.57. The lowest BCUT2D eigenvalue weighted by Crippen LogP contribution is -2.44. The van der Waals surface area contributed by atoms with Crippen molar-refractivity contribution in [3.8, 4) is 0 Å². The van der Waals surface area contributed by atoms with Crippen LogP contribution in [-0.4, -0.2) is 41.8 Å². The summed E-state index contributed by atoms with van der Waals surface area (Å²) in [4.78, 5) is 2.52. The van der Waals surface area contributed by atoms with Crippen molar-refractivity contribution >= 4 is 0 Å². The van der Waals surface area contributed by atoms with Gasteiger partial charge in [0.1, 0.15) is 0 Å². The normalized spacial score (nSPS) is 31.2. The SMILES string of the molecule is NC(CO)CN1CCCC1C1CCCC1. The fraction of sp³-hybridized carbons (Fsp3) is 1.00. The fourth-order valence-electron chi connectivity index (χ4n) is 3.31. The van der Waals surface area contributed by atoms with Crippen LogP contribution in [0.15, 0.2) is 0 Å². The number of aliphatic hydroxyl groups is 1. The van der Waals surface area contributed by atoms with Crippen LogP contribution in [0.2, 0.25) is 0 Å². The van der Waals surface area contributed by atoms with Crippen molar-refractivity contribution in [2.24, 2.45) is 11.7 Å². The van der Waals surface area contributed by atoms with Gasteiger partial charge in [-0.1, -0.05) is 12.8 Å². The summed E-state index contributed by atoms with van der Waals surface area (Å²) < 4.78 is 0. The lowest BCUT2D eigenvalue weighted by Gasteiger charge is -2.30. The van der Waals surface area contributed by atoms with E-state index >= 15 is 0 Å². The lowest BCUT2D eigenvalue weighted by molar-refractivity contribution is 0.157. The Kier molecular flexibility index (Phi) is 4.00. The average Bonchev–Trinajstić information content (AvgIpc) is 2.86. The summed E-state index contributed by atoms with van der Waals surface area (Å²) >= 11 is 0. The minimum atomic E-state index is -0.0491. The zero-order valence-corrected chi connectivity index (χ0v) is 9.57. The van der Waals surface area contributed by atoms with Crippen molar-refractivity contribution < 1.29 is 5.11 Å². The van der Waals surface area contributed by atoms with E-state index in [-0.39, 0.29) is 12.6 Å². The van der Waals surface area contributed by atoms with Crippen LogP contribution in [0.25, 0.3) is 0 Å². The molecule has 1 saturated carbocycles. The molecule has 2 aliphatic rings. The van der Waals surface area contributed by atoms with Crippen LogP contribution < -0.4 is 5.73 Å². The molecule has 0 aromatic heterocycles. The Morgan fingerprint density at radius 1 is 1.20 bits per heavy atom. The first kappa shape index (κ1) is 11.4. The highest BCUT2D eigenvalue weighted by Crippen LogP contribution is 2.35. The molecule has 15 heavy (non-hydrogen) atoms. The number of hydrogen-bond donors (Lipinski definition) is 2. The van der Waals surface area contributed by atoms with E-state index in [1.807, 2.05) is 0 Å². The molecule has 0 bridgehead atoms. The quantitative estimate of drug-likeness (QED) is 0.730. The van der Waals surface area contributed by atoms with Crippen LogP contribution in [-0.2, 0) is 0 Å². The molecule has 1 aliphatic heterocycles. The summed E-state index contributed by atoms with van der Waals surface area (Å²) in [5.41, 5.74) is 5.82. The van der Waals surface area contributed by atoms with Crippen molar-refractivity contribution in [2.75, 3.05) is 19.7 Å². The van der Waals surface area contributed by atoms with Crippen molar-refractivity contribution in [1.29, 1.82) is 0 Å². The number of nitrogens with two attached hydrogens (primary N) is 1. The maximum atomic E-state index is 9.00. The first-order chi connectivity index (χ1) is 7.31. The third kappa shape index (κ3) is 2.71. The summed E-state index contributed by atoms with van der Waals surface area (Å²) in [7, 11) is 0. The van der Waals surface area contributed by atoms with Gasteiger partial charge in [0, 0.05) is 18.6 Å². The van der Waals surface area contributed by atoms with Gasteiger partial charge in [-0.05, 0) is 38.1 Å². The molecule has 1 heterocycles. The summed E-state index contributed by atoms with van der Waals surface area (Å²) in [5, 5.41) is 9.00. The van der Waals surface area contributed by atoms with Crippen LogP contribution in [0.3, 0.4) is 0 Å². The molecule has 0 aromatic rings. The second-order valence-electron chi connectivity index (χ2n) is 5.19. The summed E-state index contributed by atoms with van der Waals surface area (Å²) in [5.74, 6) is 0.915. The minimum absolute atomic E-state index is 0.0491. The third-order valence-corrected chi connectivity index (χ3v) is 4.06. The molecule has 3 heteroatoms. The van der Waals surface area contributed by atoms with Crippen LogP contribution in [0, 0.1) is 5.92 Å². The van der Waals surface area contributed by atoms with Crippen LogP contribution in [0.1, 0.15) is 38.5 Å². The molecule has 3 nitrogen and oxygen atoms in total. The van der Waals surface area contributed by atoms with Gasteiger partial charge in [-0.2, -0.15) is 0 Å². The van der Waals surface area contributed by atoms with E-state index in [0.29, 0.717) is 0 Å². The molecule has 3 N–H and O–H groups in total. The molecule has 88 valence electrons. The molecule has 1 aliphatic carbocycles.